The van der Waals surface area contributed by atoms with Gasteiger partial charge in [0.25, 0.3) is 0 Å². The Morgan fingerprint density at radius 3 is 2.26 bits per heavy atom. The molecule has 1 saturated carbocycles. The Kier molecular flexibility index (Phi) is 7.80. The number of nitrogens with zero attached hydrogens (tertiary/aromatic N) is 4. The molecule has 0 aromatic carbocycles. The first-order valence-corrected chi connectivity index (χ1v) is 11.2. The molecule has 3 fully saturated rings. The normalized spacial score (nSPS) is 23.9. The summed E-state index contributed by atoms with van der Waals surface area (Å²) in [6.07, 6.45) is 7.21. The van der Waals surface area contributed by atoms with Gasteiger partial charge in [-0.2, -0.15) is 0 Å². The second kappa shape index (κ2) is 10.3. The lowest BCUT2D eigenvalue weighted by Crippen LogP contribution is -2.50. The number of rotatable bonds is 5. The topological polar surface area (TPSA) is 51.2 Å². The van der Waals surface area contributed by atoms with Crippen molar-refractivity contribution in [2.45, 2.75) is 52.4 Å². The van der Waals surface area contributed by atoms with Gasteiger partial charge < -0.3 is 15.1 Å². The highest BCUT2D eigenvalue weighted by Crippen LogP contribution is 2.26. The number of carbonyl (C=O) groups excluding carboxylic acids is 1. The van der Waals surface area contributed by atoms with Crippen molar-refractivity contribution >= 4 is 11.9 Å². The molecule has 0 spiro atoms. The van der Waals surface area contributed by atoms with Crippen molar-refractivity contribution in [2.75, 3.05) is 58.9 Å². The summed E-state index contributed by atoms with van der Waals surface area (Å²) >= 11 is 0. The van der Waals surface area contributed by atoms with E-state index in [0.29, 0.717) is 11.8 Å². The molecule has 3 rings (SSSR count). The Balaban J connectivity index is 1.40. The third-order valence-electron chi connectivity index (χ3n) is 6.48. The maximum atomic E-state index is 12.6. The van der Waals surface area contributed by atoms with Gasteiger partial charge in [0.2, 0.25) is 5.91 Å². The van der Waals surface area contributed by atoms with Gasteiger partial charge in [-0.05, 0) is 38.5 Å². The van der Waals surface area contributed by atoms with Crippen LogP contribution in [-0.4, -0.2) is 85.5 Å². The third-order valence-corrected chi connectivity index (χ3v) is 6.48. The fourth-order valence-corrected chi connectivity index (χ4v) is 4.57. The van der Waals surface area contributed by atoms with Crippen LogP contribution in [0.2, 0.25) is 0 Å². The average molecular weight is 378 g/mol. The SMILES string of the molecule is CCNC(=NCCN1CCN(C(=O)C2CCCC2)CC1)N1CCC(C)CC1. The van der Waals surface area contributed by atoms with Crippen LogP contribution in [0.1, 0.15) is 52.4 Å². The number of piperazine rings is 1. The van der Waals surface area contributed by atoms with Crippen molar-refractivity contribution in [2.24, 2.45) is 16.8 Å². The predicted molar refractivity (Wildman–Crippen MR) is 111 cm³/mol. The van der Waals surface area contributed by atoms with Crippen LogP contribution in [0.5, 0.6) is 0 Å². The van der Waals surface area contributed by atoms with E-state index in [1.165, 1.54) is 25.7 Å². The lowest BCUT2D eigenvalue weighted by atomic mass is 10.00. The molecule has 2 saturated heterocycles. The summed E-state index contributed by atoms with van der Waals surface area (Å²) in [6, 6.07) is 0. The second-order valence-electron chi connectivity index (χ2n) is 8.55. The predicted octanol–water partition coefficient (Wildman–Crippen LogP) is 2.02. The lowest BCUT2D eigenvalue weighted by Gasteiger charge is -2.36. The molecule has 1 aliphatic carbocycles. The molecule has 154 valence electrons. The minimum atomic E-state index is 0.316. The van der Waals surface area contributed by atoms with E-state index in [9.17, 15) is 4.79 Å². The van der Waals surface area contributed by atoms with E-state index in [-0.39, 0.29) is 0 Å². The van der Waals surface area contributed by atoms with Crippen LogP contribution in [0, 0.1) is 11.8 Å². The van der Waals surface area contributed by atoms with E-state index in [0.717, 1.165) is 83.6 Å². The molecule has 0 atom stereocenters. The molecule has 3 aliphatic rings. The monoisotopic (exact) mass is 377 g/mol. The largest absolute Gasteiger partial charge is 0.357 e. The van der Waals surface area contributed by atoms with Gasteiger partial charge in [0.1, 0.15) is 0 Å². The highest BCUT2D eigenvalue weighted by molar-refractivity contribution is 5.80. The maximum absolute atomic E-state index is 12.6. The molecular formula is C21H39N5O. The van der Waals surface area contributed by atoms with Gasteiger partial charge in [-0.25, -0.2) is 0 Å². The lowest BCUT2D eigenvalue weighted by molar-refractivity contribution is -0.137. The minimum absolute atomic E-state index is 0.316. The van der Waals surface area contributed by atoms with Crippen LogP contribution in [0.25, 0.3) is 0 Å². The van der Waals surface area contributed by atoms with Gasteiger partial charge in [-0.3, -0.25) is 14.7 Å². The number of hydrogen-bond acceptors (Lipinski definition) is 3. The van der Waals surface area contributed by atoms with E-state index in [4.69, 9.17) is 4.99 Å². The van der Waals surface area contributed by atoms with Gasteiger partial charge in [0.15, 0.2) is 5.96 Å². The molecule has 0 aromatic rings. The van der Waals surface area contributed by atoms with Crippen LogP contribution in [0.4, 0.5) is 0 Å². The van der Waals surface area contributed by atoms with E-state index >= 15 is 0 Å². The van der Waals surface area contributed by atoms with Gasteiger partial charge >= 0.3 is 0 Å². The number of guanidine groups is 1. The van der Waals surface area contributed by atoms with Crippen LogP contribution in [0.3, 0.4) is 0 Å². The molecule has 0 unspecified atom stereocenters. The molecule has 0 aromatic heterocycles. The van der Waals surface area contributed by atoms with Crippen molar-refractivity contribution in [3.05, 3.63) is 0 Å². The van der Waals surface area contributed by atoms with Crippen molar-refractivity contribution in [3.8, 4) is 0 Å². The highest BCUT2D eigenvalue weighted by Gasteiger charge is 2.29. The molecule has 1 amide bonds. The number of likely N-dealkylation sites (tertiary alicyclic amines) is 1. The van der Waals surface area contributed by atoms with E-state index in [2.05, 4.69) is 33.9 Å². The van der Waals surface area contributed by atoms with Crippen LogP contribution >= 0.6 is 0 Å². The quantitative estimate of drug-likeness (QED) is 0.588. The van der Waals surface area contributed by atoms with Crippen molar-refractivity contribution in [1.29, 1.82) is 0 Å². The molecule has 0 radical (unpaired) electrons. The maximum Gasteiger partial charge on any atom is 0.225 e. The summed E-state index contributed by atoms with van der Waals surface area (Å²) in [5.74, 6) is 2.65. The number of piperidine rings is 1. The van der Waals surface area contributed by atoms with E-state index < -0.39 is 0 Å². The number of hydrogen-bond donors (Lipinski definition) is 1. The molecular weight excluding hydrogens is 338 g/mol. The van der Waals surface area contributed by atoms with E-state index in [1.54, 1.807) is 0 Å². The smallest absolute Gasteiger partial charge is 0.225 e. The zero-order valence-electron chi connectivity index (χ0n) is 17.5. The Morgan fingerprint density at radius 1 is 0.963 bits per heavy atom. The fraction of sp³-hybridized carbons (Fsp3) is 0.905. The van der Waals surface area contributed by atoms with Crippen molar-refractivity contribution < 1.29 is 4.79 Å². The first kappa shape index (κ1) is 20.4. The van der Waals surface area contributed by atoms with Crippen LogP contribution < -0.4 is 5.32 Å². The van der Waals surface area contributed by atoms with Gasteiger partial charge in [-0.15, -0.1) is 0 Å². The van der Waals surface area contributed by atoms with Gasteiger partial charge in [-0.1, -0.05) is 19.8 Å². The van der Waals surface area contributed by atoms with Crippen molar-refractivity contribution in [1.82, 2.24) is 20.0 Å². The van der Waals surface area contributed by atoms with Crippen molar-refractivity contribution in [3.63, 3.8) is 0 Å². The average Bonchev–Trinajstić information content (AvgIpc) is 3.23. The first-order chi connectivity index (χ1) is 13.2. The minimum Gasteiger partial charge on any atom is -0.357 e. The Labute approximate surface area is 165 Å². The Hall–Kier alpha value is -1.30. The number of nitrogens with one attached hydrogen (secondary N) is 1. The Morgan fingerprint density at radius 2 is 1.63 bits per heavy atom. The number of aliphatic imine (C=N–C) groups is 1. The summed E-state index contributed by atoms with van der Waals surface area (Å²) in [5, 5.41) is 3.46. The molecule has 6 heteroatoms. The number of carbonyl (C=O) groups is 1. The number of amides is 1. The molecule has 2 aliphatic heterocycles. The molecule has 1 N–H and O–H groups in total. The Bertz CT molecular complexity index is 487. The zero-order chi connectivity index (χ0) is 19.1. The van der Waals surface area contributed by atoms with Crippen LogP contribution in [0.15, 0.2) is 4.99 Å². The second-order valence-corrected chi connectivity index (χ2v) is 8.55. The summed E-state index contributed by atoms with van der Waals surface area (Å²) in [7, 11) is 0. The van der Waals surface area contributed by atoms with Gasteiger partial charge in [0.05, 0.1) is 6.54 Å². The summed E-state index contributed by atoms with van der Waals surface area (Å²) in [6.45, 7) is 13.2. The first-order valence-electron chi connectivity index (χ1n) is 11.2. The third kappa shape index (κ3) is 5.84. The highest BCUT2D eigenvalue weighted by atomic mass is 16.2. The summed E-state index contributed by atoms with van der Waals surface area (Å²) in [4.78, 5) is 24.4. The molecule has 2 heterocycles. The summed E-state index contributed by atoms with van der Waals surface area (Å²) in [5.41, 5.74) is 0. The summed E-state index contributed by atoms with van der Waals surface area (Å²) < 4.78 is 0. The van der Waals surface area contributed by atoms with Gasteiger partial charge in [0, 0.05) is 58.3 Å². The molecule has 6 nitrogen and oxygen atoms in total. The fourth-order valence-electron chi connectivity index (χ4n) is 4.57. The van der Waals surface area contributed by atoms with Crippen LogP contribution in [-0.2, 0) is 4.79 Å². The zero-order valence-corrected chi connectivity index (χ0v) is 17.5. The molecule has 27 heavy (non-hydrogen) atoms. The van der Waals surface area contributed by atoms with E-state index in [1.807, 2.05) is 0 Å². The molecule has 0 bridgehead atoms. The standard InChI is InChI=1S/C21H39N5O/c1-3-22-21(26-11-8-18(2)9-12-26)23-10-13-24-14-16-25(17-15-24)20(27)19-6-4-5-7-19/h18-19H,3-17H2,1-2H3,(H,22,23).